The van der Waals surface area contributed by atoms with E-state index in [0.717, 1.165) is 38.0 Å². The number of ether oxygens (including phenoxy) is 1. The van der Waals surface area contributed by atoms with Crippen molar-refractivity contribution >= 4 is 5.91 Å². The summed E-state index contributed by atoms with van der Waals surface area (Å²) < 4.78 is 6.10. The fraction of sp³-hybridized carbons (Fsp3) is 0.963. The van der Waals surface area contributed by atoms with Crippen LogP contribution in [0.3, 0.4) is 0 Å². The quantitative estimate of drug-likeness (QED) is 0.276. The van der Waals surface area contributed by atoms with Gasteiger partial charge in [0.25, 0.3) is 0 Å². The number of hydrogen-bond acceptors (Lipinski definition) is 2. The molecule has 0 aliphatic heterocycles. The summed E-state index contributed by atoms with van der Waals surface area (Å²) >= 11 is 0. The Kier molecular flexibility index (Phi) is 14.2. The second-order valence-electron chi connectivity index (χ2n) is 12.4. The van der Waals surface area contributed by atoms with E-state index in [9.17, 15) is 4.79 Å². The van der Waals surface area contributed by atoms with Gasteiger partial charge < -0.3 is 10.1 Å². The zero-order valence-corrected chi connectivity index (χ0v) is 22.2. The van der Waals surface area contributed by atoms with Gasteiger partial charge in [-0.15, -0.1) is 0 Å². The molecule has 0 fully saturated rings. The maximum atomic E-state index is 11.3. The lowest BCUT2D eigenvalue weighted by molar-refractivity contribution is -0.120. The van der Waals surface area contributed by atoms with Crippen molar-refractivity contribution in [2.45, 2.75) is 114 Å². The summed E-state index contributed by atoms with van der Waals surface area (Å²) in [5, 5.41) is 2.93. The van der Waals surface area contributed by atoms with Crippen molar-refractivity contribution in [1.82, 2.24) is 5.32 Å². The minimum atomic E-state index is 0.127. The molecule has 0 aromatic rings. The molecule has 4 unspecified atom stereocenters. The van der Waals surface area contributed by atoms with Gasteiger partial charge in [0.1, 0.15) is 0 Å². The largest absolute Gasteiger partial charge is 0.381 e. The number of hydrogen-bond donors (Lipinski definition) is 1. The number of carbonyl (C=O) groups is 1. The van der Waals surface area contributed by atoms with Crippen LogP contribution in [0.5, 0.6) is 0 Å². The van der Waals surface area contributed by atoms with Crippen molar-refractivity contribution in [2.75, 3.05) is 19.8 Å². The van der Waals surface area contributed by atoms with Crippen LogP contribution >= 0.6 is 0 Å². The Labute approximate surface area is 189 Å². The molecular formula is C27H55NO2. The van der Waals surface area contributed by atoms with Crippen LogP contribution in [0.1, 0.15) is 114 Å². The van der Waals surface area contributed by atoms with E-state index in [0.29, 0.717) is 29.1 Å². The molecule has 0 aliphatic carbocycles. The average Bonchev–Trinajstić information content (AvgIpc) is 2.56. The molecule has 30 heavy (non-hydrogen) atoms. The van der Waals surface area contributed by atoms with Crippen molar-refractivity contribution in [2.24, 2.45) is 34.5 Å². The van der Waals surface area contributed by atoms with E-state index in [4.69, 9.17) is 4.74 Å². The number of rotatable bonds is 15. The molecule has 0 radical (unpaired) electrons. The zero-order valence-electron chi connectivity index (χ0n) is 22.2. The summed E-state index contributed by atoms with van der Waals surface area (Å²) in [7, 11) is 0. The molecule has 0 saturated heterocycles. The maximum Gasteiger partial charge on any atom is 0.219 e. The highest BCUT2D eigenvalue weighted by Gasteiger charge is 2.24. The van der Waals surface area contributed by atoms with Gasteiger partial charge in [0.05, 0.1) is 0 Å². The van der Waals surface area contributed by atoms with Crippen LogP contribution < -0.4 is 5.32 Å². The van der Waals surface area contributed by atoms with Crippen LogP contribution in [0.2, 0.25) is 0 Å². The SMILES string of the molecule is CCC(=O)NCCCOCC(CCC(C)CC(C)(C)C)C(C)CC(C)CC(C)(C)C. The van der Waals surface area contributed by atoms with Crippen molar-refractivity contribution in [1.29, 1.82) is 0 Å². The van der Waals surface area contributed by atoms with Gasteiger partial charge in [-0.3, -0.25) is 4.79 Å². The summed E-state index contributed by atoms with van der Waals surface area (Å²) in [6.07, 6.45) is 7.84. The van der Waals surface area contributed by atoms with Crippen LogP contribution in [-0.2, 0) is 9.53 Å². The van der Waals surface area contributed by atoms with Gasteiger partial charge >= 0.3 is 0 Å². The lowest BCUT2D eigenvalue weighted by atomic mass is 9.77. The topological polar surface area (TPSA) is 38.3 Å². The van der Waals surface area contributed by atoms with Crippen molar-refractivity contribution in [3.63, 3.8) is 0 Å². The molecule has 0 aromatic heterocycles. The highest BCUT2D eigenvalue weighted by Crippen LogP contribution is 2.33. The second-order valence-corrected chi connectivity index (χ2v) is 12.4. The average molecular weight is 426 g/mol. The van der Waals surface area contributed by atoms with Gasteiger partial charge in [0.2, 0.25) is 5.91 Å². The van der Waals surface area contributed by atoms with E-state index < -0.39 is 0 Å². The number of amides is 1. The van der Waals surface area contributed by atoms with E-state index >= 15 is 0 Å². The van der Waals surface area contributed by atoms with Gasteiger partial charge in [-0.2, -0.15) is 0 Å². The molecule has 180 valence electrons. The van der Waals surface area contributed by atoms with Crippen LogP contribution in [0, 0.1) is 34.5 Å². The molecule has 3 heteroatoms. The minimum Gasteiger partial charge on any atom is -0.381 e. The normalized spacial score (nSPS) is 16.7. The van der Waals surface area contributed by atoms with Crippen LogP contribution in [-0.4, -0.2) is 25.7 Å². The van der Waals surface area contributed by atoms with Gasteiger partial charge in [-0.1, -0.05) is 75.7 Å². The summed E-state index contributed by atoms with van der Waals surface area (Å²) in [5.74, 6) is 2.95. The van der Waals surface area contributed by atoms with Crippen molar-refractivity contribution in [3.05, 3.63) is 0 Å². The Hall–Kier alpha value is -0.570. The molecule has 0 saturated carbocycles. The van der Waals surface area contributed by atoms with E-state index in [2.05, 4.69) is 67.6 Å². The maximum absolute atomic E-state index is 11.3. The molecule has 3 nitrogen and oxygen atoms in total. The Bertz CT molecular complexity index is 447. The molecule has 4 atom stereocenters. The summed E-state index contributed by atoms with van der Waals surface area (Å²) in [4.78, 5) is 11.3. The Morgan fingerprint density at radius 3 is 2.00 bits per heavy atom. The molecule has 0 aliphatic rings. The highest BCUT2D eigenvalue weighted by atomic mass is 16.5. The van der Waals surface area contributed by atoms with E-state index in [1.54, 1.807) is 0 Å². The Morgan fingerprint density at radius 1 is 0.900 bits per heavy atom. The first-order valence-corrected chi connectivity index (χ1v) is 12.6. The summed E-state index contributed by atoms with van der Waals surface area (Å²) in [6, 6.07) is 0. The monoisotopic (exact) mass is 425 g/mol. The van der Waals surface area contributed by atoms with Crippen molar-refractivity contribution < 1.29 is 9.53 Å². The molecule has 0 bridgehead atoms. The van der Waals surface area contributed by atoms with Gasteiger partial charge in [0.15, 0.2) is 0 Å². The first-order valence-electron chi connectivity index (χ1n) is 12.6. The molecule has 0 spiro atoms. The standard InChI is InChI=1S/C27H55NO2/c1-11-25(29)28-15-12-16-30-20-24(14-13-21(2)18-26(5,6)7)23(4)17-22(3)19-27(8,9)10/h21-24H,11-20H2,1-10H3,(H,28,29). The Morgan fingerprint density at radius 2 is 1.47 bits per heavy atom. The Balaban J connectivity index is 4.61. The molecule has 0 heterocycles. The predicted molar refractivity (Wildman–Crippen MR) is 132 cm³/mol. The molecular weight excluding hydrogens is 370 g/mol. The minimum absolute atomic E-state index is 0.127. The van der Waals surface area contributed by atoms with Crippen LogP contribution in [0.4, 0.5) is 0 Å². The number of nitrogens with one attached hydrogen (secondary N) is 1. The summed E-state index contributed by atoms with van der Waals surface area (Å²) in [6.45, 7) is 25.5. The first kappa shape index (κ1) is 29.4. The third-order valence-corrected chi connectivity index (χ3v) is 5.97. The first-order chi connectivity index (χ1) is 13.7. The molecule has 0 rings (SSSR count). The van der Waals surface area contributed by atoms with E-state index in [1.807, 2.05) is 6.92 Å². The third kappa shape index (κ3) is 17.1. The fourth-order valence-electron chi connectivity index (χ4n) is 4.90. The second kappa shape index (κ2) is 14.5. The van der Waals surface area contributed by atoms with Crippen molar-refractivity contribution in [3.8, 4) is 0 Å². The molecule has 1 amide bonds. The molecule has 1 N–H and O–H groups in total. The molecule has 0 aromatic carbocycles. The predicted octanol–water partition coefficient (Wildman–Crippen LogP) is 7.49. The van der Waals surface area contributed by atoms with E-state index in [1.165, 1.54) is 32.1 Å². The number of carbonyl (C=O) groups excluding carboxylic acids is 1. The summed E-state index contributed by atoms with van der Waals surface area (Å²) in [5.41, 5.74) is 0.802. The zero-order chi connectivity index (χ0) is 23.4. The van der Waals surface area contributed by atoms with Gasteiger partial charge in [0, 0.05) is 26.2 Å². The third-order valence-electron chi connectivity index (χ3n) is 5.97. The lowest BCUT2D eigenvalue weighted by Gasteiger charge is -2.31. The van der Waals surface area contributed by atoms with Crippen LogP contribution in [0.15, 0.2) is 0 Å². The fourth-order valence-corrected chi connectivity index (χ4v) is 4.90. The van der Waals surface area contributed by atoms with E-state index in [-0.39, 0.29) is 5.91 Å². The smallest absolute Gasteiger partial charge is 0.219 e. The van der Waals surface area contributed by atoms with Gasteiger partial charge in [-0.05, 0) is 66.6 Å². The lowest BCUT2D eigenvalue weighted by Crippen LogP contribution is -2.25. The van der Waals surface area contributed by atoms with Crippen LogP contribution in [0.25, 0.3) is 0 Å². The van der Waals surface area contributed by atoms with Gasteiger partial charge in [-0.25, -0.2) is 0 Å². The highest BCUT2D eigenvalue weighted by molar-refractivity contribution is 5.75.